The molecule has 0 aromatic rings. The summed E-state index contributed by atoms with van der Waals surface area (Å²) in [7, 11) is -10.6. The fourth-order valence-corrected chi connectivity index (χ4v) is 1.87. The third-order valence-electron chi connectivity index (χ3n) is 0.308. The Balaban J connectivity index is 4.58. The summed E-state index contributed by atoms with van der Waals surface area (Å²) < 4.78 is 72.2. The van der Waals surface area contributed by atoms with Crippen molar-refractivity contribution in [2.24, 2.45) is 0 Å². The molecule has 0 radical (unpaired) electrons. The third-order valence-corrected chi connectivity index (χ3v) is 2.77. The molecule has 0 amide bonds. The zero-order chi connectivity index (χ0) is 9.99. The molecule has 12 heavy (non-hydrogen) atoms. The Labute approximate surface area is 70.1 Å². The molecule has 0 fully saturated rings. The average Bonchev–Trinajstić information content (AvgIpc) is 1.48. The van der Waals surface area contributed by atoms with Crippen molar-refractivity contribution in [1.82, 2.24) is 0 Å². The Hall–Kier alpha value is -0.110. The maximum Gasteiger partial charge on any atom is 0.428 e. The van der Waals surface area contributed by atoms with Crippen molar-refractivity contribution < 1.29 is 37.4 Å². The highest BCUT2D eigenvalue weighted by atomic mass is 32.3. The first-order chi connectivity index (χ1) is 5.12. The van der Waals surface area contributed by atoms with Gasteiger partial charge in [0.1, 0.15) is 11.4 Å². The summed E-state index contributed by atoms with van der Waals surface area (Å²) in [6.45, 7) is 0. The van der Waals surface area contributed by atoms with Crippen LogP contribution in [0.25, 0.3) is 0 Å². The highest BCUT2D eigenvalue weighted by Crippen LogP contribution is 2.01. The fourth-order valence-electron chi connectivity index (χ4n) is 0.185. The lowest BCUT2D eigenvalue weighted by Crippen LogP contribution is -2.16. The Kier molecular flexibility index (Phi) is 3.70. The first-order valence-electron chi connectivity index (χ1n) is 1.85. The minimum atomic E-state index is -5.31. The van der Waals surface area contributed by atoms with Crippen LogP contribution in [0.3, 0.4) is 0 Å². The molecule has 1 atom stereocenters. The van der Waals surface area contributed by atoms with Crippen molar-refractivity contribution in [3.05, 3.63) is 0 Å². The van der Waals surface area contributed by atoms with Crippen LogP contribution in [0.4, 0.5) is 0 Å². The minimum absolute atomic E-state index is 2.82. The molecule has 0 aliphatic carbocycles. The summed E-state index contributed by atoms with van der Waals surface area (Å²) in [5, 5.41) is 0. The second-order valence-electron chi connectivity index (χ2n) is 1.18. The summed E-state index contributed by atoms with van der Waals surface area (Å²) in [5.74, 6) is 0. The van der Waals surface area contributed by atoms with Crippen LogP contribution in [0.2, 0.25) is 0 Å². The number of hydrogen-bond donors (Lipinski definition) is 1. The van der Waals surface area contributed by atoms with Crippen molar-refractivity contribution >= 4 is 32.2 Å². The molecule has 0 spiro atoms. The molecule has 0 aromatic heterocycles. The van der Waals surface area contributed by atoms with E-state index in [4.69, 9.17) is 4.55 Å². The van der Waals surface area contributed by atoms with E-state index in [0.29, 0.717) is 0 Å². The molecular formula is HO9S3-. The topological polar surface area (TPSA) is 147 Å². The largest absolute Gasteiger partial charge is 0.749 e. The van der Waals surface area contributed by atoms with Crippen LogP contribution in [0.1, 0.15) is 0 Å². The Morgan fingerprint density at radius 1 is 1.25 bits per heavy atom. The van der Waals surface area contributed by atoms with Gasteiger partial charge in [-0.05, 0) is 0 Å². The van der Waals surface area contributed by atoms with E-state index in [2.05, 4.69) is 7.26 Å². The van der Waals surface area contributed by atoms with Gasteiger partial charge < -0.3 is 4.55 Å². The van der Waals surface area contributed by atoms with Crippen LogP contribution in [-0.4, -0.2) is 30.1 Å². The molecule has 74 valence electrons. The van der Waals surface area contributed by atoms with Gasteiger partial charge in [0.2, 0.25) is 0 Å². The minimum Gasteiger partial charge on any atom is -0.749 e. The zero-order valence-electron chi connectivity index (χ0n) is 4.94. The van der Waals surface area contributed by atoms with Crippen molar-refractivity contribution in [2.75, 3.05) is 0 Å². The van der Waals surface area contributed by atoms with Crippen molar-refractivity contribution in [3.8, 4) is 0 Å². The molecule has 0 saturated heterocycles. The van der Waals surface area contributed by atoms with Crippen LogP contribution in [-0.2, 0) is 39.4 Å². The normalized spacial score (nSPS) is 15.8. The van der Waals surface area contributed by atoms with Gasteiger partial charge in [0.05, 0.1) is 0 Å². The highest BCUT2D eigenvalue weighted by Gasteiger charge is 2.21. The molecule has 12 heteroatoms. The predicted octanol–water partition coefficient (Wildman–Crippen LogP) is -2.14. The zero-order valence-corrected chi connectivity index (χ0v) is 7.39. The number of rotatable bonds is 4. The van der Waals surface area contributed by atoms with E-state index in [-0.39, 0.29) is 0 Å². The van der Waals surface area contributed by atoms with E-state index in [1.807, 2.05) is 0 Å². The van der Waals surface area contributed by atoms with Crippen molar-refractivity contribution in [3.63, 3.8) is 0 Å². The molecule has 0 saturated carbocycles. The summed E-state index contributed by atoms with van der Waals surface area (Å²) in [5.41, 5.74) is 0. The van der Waals surface area contributed by atoms with Gasteiger partial charge in [-0.25, -0.2) is 4.21 Å². The van der Waals surface area contributed by atoms with Gasteiger partial charge in [-0.15, -0.1) is 0 Å². The monoisotopic (exact) mass is 241 g/mol. The van der Waals surface area contributed by atoms with Gasteiger partial charge in [0.25, 0.3) is 0 Å². The summed E-state index contributed by atoms with van der Waals surface area (Å²) >= 11 is -3.51. The molecule has 0 rings (SSSR count). The third kappa shape index (κ3) is 6.59. The van der Waals surface area contributed by atoms with Crippen LogP contribution in [0, 0.1) is 0 Å². The van der Waals surface area contributed by atoms with E-state index >= 15 is 0 Å². The molecule has 0 aliphatic heterocycles. The highest BCUT2D eigenvalue weighted by molar-refractivity contribution is 7.99. The molecule has 0 aliphatic rings. The Morgan fingerprint density at radius 2 is 1.67 bits per heavy atom. The number of hydrogen-bond acceptors (Lipinski definition) is 8. The summed E-state index contributed by atoms with van der Waals surface area (Å²) in [6.07, 6.45) is 0. The van der Waals surface area contributed by atoms with E-state index in [0.717, 1.165) is 0 Å². The lowest BCUT2D eigenvalue weighted by molar-refractivity contribution is 0.342. The van der Waals surface area contributed by atoms with Crippen LogP contribution < -0.4 is 0 Å². The molecule has 0 heterocycles. The van der Waals surface area contributed by atoms with Gasteiger partial charge in [-0.1, -0.05) is 3.63 Å². The van der Waals surface area contributed by atoms with Crippen LogP contribution in [0.15, 0.2) is 0 Å². The maximum atomic E-state index is 10.1. The summed E-state index contributed by atoms with van der Waals surface area (Å²) in [6, 6.07) is 0. The Morgan fingerprint density at radius 3 is 1.92 bits per heavy atom. The first kappa shape index (κ1) is 11.9. The SMILES string of the molecule is O=S([O-])OS(=O)(=O)OS(=O)(=O)O. The van der Waals surface area contributed by atoms with Gasteiger partial charge in [-0.3, -0.25) is 4.55 Å². The van der Waals surface area contributed by atoms with E-state index < -0.39 is 32.2 Å². The van der Waals surface area contributed by atoms with Crippen molar-refractivity contribution in [2.45, 2.75) is 0 Å². The maximum absolute atomic E-state index is 10.1. The molecule has 0 bridgehead atoms. The van der Waals surface area contributed by atoms with E-state index in [9.17, 15) is 25.6 Å². The summed E-state index contributed by atoms with van der Waals surface area (Å²) in [4.78, 5) is 0. The van der Waals surface area contributed by atoms with Gasteiger partial charge in [0.15, 0.2) is 0 Å². The van der Waals surface area contributed by atoms with Crippen molar-refractivity contribution in [1.29, 1.82) is 0 Å². The molecule has 9 nitrogen and oxygen atoms in total. The smallest absolute Gasteiger partial charge is 0.428 e. The molecule has 1 N–H and O–H groups in total. The molecule has 0 aromatic carbocycles. The quantitative estimate of drug-likeness (QED) is 0.430. The Bertz CT molecular complexity index is 353. The van der Waals surface area contributed by atoms with Gasteiger partial charge in [-0.2, -0.15) is 20.5 Å². The van der Waals surface area contributed by atoms with Crippen LogP contribution >= 0.6 is 0 Å². The van der Waals surface area contributed by atoms with Gasteiger partial charge >= 0.3 is 20.8 Å². The lowest BCUT2D eigenvalue weighted by Gasteiger charge is -2.03. The predicted molar refractivity (Wildman–Crippen MR) is 31.6 cm³/mol. The van der Waals surface area contributed by atoms with Gasteiger partial charge in [0, 0.05) is 0 Å². The lowest BCUT2D eigenvalue weighted by atomic mass is 15.7. The second kappa shape index (κ2) is 3.73. The average molecular weight is 241 g/mol. The first-order valence-corrected chi connectivity index (χ1v) is 5.55. The second-order valence-corrected chi connectivity index (χ2v) is 4.35. The standard InChI is InChI=1S/H2O9S3/c1-10(2)8-12(6,7)9-11(3,4)5/h(H,1,2)(H,3,4,5)/p-1. The molecular weight excluding hydrogens is 240 g/mol. The molecule has 1 unspecified atom stereocenters. The fraction of sp³-hybridized carbons (Fsp3) is 0. The van der Waals surface area contributed by atoms with E-state index in [1.54, 1.807) is 0 Å². The van der Waals surface area contributed by atoms with E-state index in [1.165, 1.54) is 0 Å². The van der Waals surface area contributed by atoms with Crippen LogP contribution in [0.5, 0.6) is 0 Å².